The van der Waals surface area contributed by atoms with Gasteiger partial charge in [-0.1, -0.05) is 19.9 Å². The Balaban J connectivity index is 2.07. The molecule has 3 aromatic rings. The predicted molar refractivity (Wildman–Crippen MR) is 96.4 cm³/mol. The van der Waals surface area contributed by atoms with Crippen molar-refractivity contribution in [3.05, 3.63) is 34.2 Å². The Morgan fingerprint density at radius 2 is 2.04 bits per heavy atom. The standard InChI is InChI=1S/C17H24N6O/c1-10(2)8-18-9-12-5-6-13-14(7-12)23-16(21-22-17(23)24)15(20-13)19-11(3)4/h5-7,10-11,18H,8-9H2,1-4H3,(H,19,20)(H,22,24). The van der Waals surface area contributed by atoms with Crippen LogP contribution in [-0.4, -0.2) is 32.2 Å². The molecule has 0 amide bonds. The third kappa shape index (κ3) is 3.26. The number of nitrogens with one attached hydrogen (secondary N) is 3. The van der Waals surface area contributed by atoms with Crippen LogP contribution in [-0.2, 0) is 6.54 Å². The smallest absolute Gasteiger partial charge is 0.348 e. The number of H-pyrrole nitrogens is 1. The summed E-state index contributed by atoms with van der Waals surface area (Å²) in [5.41, 5.74) is 2.91. The Morgan fingerprint density at radius 1 is 1.25 bits per heavy atom. The van der Waals surface area contributed by atoms with E-state index >= 15 is 0 Å². The molecule has 0 saturated carbocycles. The molecule has 1 aromatic carbocycles. The van der Waals surface area contributed by atoms with Crippen LogP contribution >= 0.6 is 0 Å². The van der Waals surface area contributed by atoms with Gasteiger partial charge in [-0.3, -0.25) is 0 Å². The Kier molecular flexibility index (Phi) is 4.53. The Bertz CT molecular complexity index is 908. The summed E-state index contributed by atoms with van der Waals surface area (Å²) >= 11 is 0. The normalized spacial score (nSPS) is 11.9. The number of nitrogens with zero attached hydrogens (tertiary/aromatic N) is 3. The van der Waals surface area contributed by atoms with Gasteiger partial charge in [0.15, 0.2) is 5.82 Å². The van der Waals surface area contributed by atoms with Crippen molar-refractivity contribution in [2.75, 3.05) is 11.9 Å². The van der Waals surface area contributed by atoms with Gasteiger partial charge in [0.05, 0.1) is 11.0 Å². The number of hydrogen-bond donors (Lipinski definition) is 3. The van der Waals surface area contributed by atoms with Crippen molar-refractivity contribution in [1.29, 1.82) is 0 Å². The molecule has 0 bridgehead atoms. The number of hydrogen-bond acceptors (Lipinski definition) is 5. The highest BCUT2D eigenvalue weighted by Gasteiger charge is 2.13. The maximum atomic E-state index is 12.2. The summed E-state index contributed by atoms with van der Waals surface area (Å²) in [6.07, 6.45) is 0. The minimum atomic E-state index is -0.253. The molecule has 0 aliphatic rings. The van der Waals surface area contributed by atoms with Crippen LogP contribution in [0.3, 0.4) is 0 Å². The molecule has 0 aliphatic carbocycles. The van der Waals surface area contributed by atoms with Crippen LogP contribution in [0.15, 0.2) is 23.0 Å². The molecule has 0 spiro atoms. The second kappa shape index (κ2) is 6.60. The number of anilines is 1. The van der Waals surface area contributed by atoms with Crippen LogP contribution in [0.2, 0.25) is 0 Å². The lowest BCUT2D eigenvalue weighted by Gasteiger charge is -2.12. The van der Waals surface area contributed by atoms with E-state index in [-0.39, 0.29) is 11.7 Å². The number of rotatable bonds is 6. The van der Waals surface area contributed by atoms with Crippen molar-refractivity contribution in [3.63, 3.8) is 0 Å². The van der Waals surface area contributed by atoms with Crippen LogP contribution in [0, 0.1) is 5.92 Å². The molecule has 0 fully saturated rings. The molecular formula is C17H24N6O. The third-order valence-corrected chi connectivity index (χ3v) is 3.70. The quantitative estimate of drug-likeness (QED) is 0.645. The molecule has 0 atom stereocenters. The van der Waals surface area contributed by atoms with E-state index in [0.717, 1.165) is 29.7 Å². The minimum absolute atomic E-state index is 0.199. The molecule has 0 unspecified atom stereocenters. The summed E-state index contributed by atoms with van der Waals surface area (Å²) in [7, 11) is 0. The largest absolute Gasteiger partial charge is 0.365 e. The van der Waals surface area contributed by atoms with Gasteiger partial charge in [0.25, 0.3) is 0 Å². The van der Waals surface area contributed by atoms with Crippen molar-refractivity contribution >= 4 is 22.5 Å². The summed E-state index contributed by atoms with van der Waals surface area (Å²) in [5.74, 6) is 1.21. The average Bonchev–Trinajstić information content (AvgIpc) is 2.89. The summed E-state index contributed by atoms with van der Waals surface area (Å²) in [5, 5.41) is 13.3. The molecule has 7 heteroatoms. The molecule has 0 saturated heterocycles. The van der Waals surface area contributed by atoms with Crippen molar-refractivity contribution in [3.8, 4) is 0 Å². The van der Waals surface area contributed by atoms with Gasteiger partial charge in [0, 0.05) is 12.6 Å². The lowest BCUT2D eigenvalue weighted by Crippen LogP contribution is -2.19. The van der Waals surface area contributed by atoms with E-state index in [1.54, 1.807) is 4.40 Å². The first kappa shape index (κ1) is 16.4. The van der Waals surface area contributed by atoms with E-state index in [1.165, 1.54) is 0 Å². The van der Waals surface area contributed by atoms with Gasteiger partial charge in [-0.05, 0) is 44.0 Å². The SMILES string of the molecule is CC(C)CNCc1ccc2nc(NC(C)C)c3n[nH]c(=O)n3c2c1. The fourth-order valence-corrected chi connectivity index (χ4v) is 2.68. The van der Waals surface area contributed by atoms with E-state index in [9.17, 15) is 4.79 Å². The van der Waals surface area contributed by atoms with Crippen molar-refractivity contribution in [2.45, 2.75) is 40.3 Å². The Hall–Kier alpha value is -2.41. The number of benzene rings is 1. The molecule has 0 aliphatic heterocycles. The monoisotopic (exact) mass is 328 g/mol. The lowest BCUT2D eigenvalue weighted by molar-refractivity contribution is 0.552. The molecule has 24 heavy (non-hydrogen) atoms. The second-order valence-electron chi connectivity index (χ2n) is 6.80. The Labute approximate surface area is 140 Å². The fraction of sp³-hybridized carbons (Fsp3) is 0.471. The van der Waals surface area contributed by atoms with Crippen LogP contribution in [0.5, 0.6) is 0 Å². The average molecular weight is 328 g/mol. The van der Waals surface area contributed by atoms with Gasteiger partial charge >= 0.3 is 5.69 Å². The predicted octanol–water partition coefficient (Wildman–Crippen LogP) is 2.14. The van der Waals surface area contributed by atoms with Gasteiger partial charge in [0.2, 0.25) is 5.65 Å². The zero-order valence-electron chi connectivity index (χ0n) is 14.6. The first-order valence-corrected chi connectivity index (χ1v) is 8.32. The van der Waals surface area contributed by atoms with Gasteiger partial charge in [-0.25, -0.2) is 19.3 Å². The van der Waals surface area contributed by atoms with E-state index in [2.05, 4.69) is 39.7 Å². The maximum Gasteiger partial charge on any atom is 0.348 e. The van der Waals surface area contributed by atoms with E-state index in [1.807, 2.05) is 32.0 Å². The molecule has 0 radical (unpaired) electrons. The van der Waals surface area contributed by atoms with Crippen LogP contribution in [0.4, 0.5) is 5.82 Å². The zero-order chi connectivity index (χ0) is 17.3. The highest BCUT2D eigenvalue weighted by Crippen LogP contribution is 2.20. The second-order valence-corrected chi connectivity index (χ2v) is 6.80. The number of aromatic nitrogens is 4. The van der Waals surface area contributed by atoms with Gasteiger partial charge < -0.3 is 10.6 Å². The highest BCUT2D eigenvalue weighted by atomic mass is 16.1. The maximum absolute atomic E-state index is 12.2. The minimum Gasteiger partial charge on any atom is -0.365 e. The highest BCUT2D eigenvalue weighted by molar-refractivity contribution is 5.83. The van der Waals surface area contributed by atoms with Crippen LogP contribution in [0.1, 0.15) is 33.3 Å². The summed E-state index contributed by atoms with van der Waals surface area (Å²) < 4.78 is 1.58. The van der Waals surface area contributed by atoms with Gasteiger partial charge in [0.1, 0.15) is 0 Å². The lowest BCUT2D eigenvalue weighted by atomic mass is 10.1. The van der Waals surface area contributed by atoms with Crippen molar-refractivity contribution in [2.24, 2.45) is 5.92 Å². The molecule has 128 valence electrons. The molecule has 7 nitrogen and oxygen atoms in total. The van der Waals surface area contributed by atoms with Gasteiger partial charge in [-0.2, -0.15) is 0 Å². The van der Waals surface area contributed by atoms with Crippen LogP contribution in [0.25, 0.3) is 16.7 Å². The van der Waals surface area contributed by atoms with Gasteiger partial charge in [-0.15, -0.1) is 5.10 Å². The first-order chi connectivity index (χ1) is 11.5. The zero-order valence-corrected chi connectivity index (χ0v) is 14.6. The first-order valence-electron chi connectivity index (χ1n) is 8.32. The third-order valence-electron chi connectivity index (χ3n) is 3.70. The number of fused-ring (bicyclic) bond motifs is 3. The molecule has 2 heterocycles. The van der Waals surface area contributed by atoms with Crippen molar-refractivity contribution < 1.29 is 0 Å². The topological polar surface area (TPSA) is 87.1 Å². The fourth-order valence-electron chi connectivity index (χ4n) is 2.68. The summed E-state index contributed by atoms with van der Waals surface area (Å²) in [6, 6.07) is 6.19. The van der Waals surface area contributed by atoms with Crippen molar-refractivity contribution in [1.82, 2.24) is 24.9 Å². The summed E-state index contributed by atoms with van der Waals surface area (Å²) in [6.45, 7) is 10.1. The summed E-state index contributed by atoms with van der Waals surface area (Å²) in [4.78, 5) is 16.9. The van der Waals surface area contributed by atoms with E-state index in [0.29, 0.717) is 17.4 Å². The number of aromatic amines is 1. The molecule has 3 rings (SSSR count). The molecular weight excluding hydrogens is 304 g/mol. The van der Waals surface area contributed by atoms with E-state index < -0.39 is 0 Å². The molecule has 3 N–H and O–H groups in total. The van der Waals surface area contributed by atoms with E-state index in [4.69, 9.17) is 0 Å². The Morgan fingerprint density at radius 3 is 2.75 bits per heavy atom. The van der Waals surface area contributed by atoms with Crippen LogP contribution < -0.4 is 16.3 Å². The molecule has 2 aromatic heterocycles.